The fourth-order valence-electron chi connectivity index (χ4n) is 1.87. The largest absolute Gasteiger partial charge is 0.480 e. The molecule has 0 heterocycles. The van der Waals surface area contributed by atoms with Crippen LogP contribution in [0.2, 0.25) is 5.02 Å². The summed E-state index contributed by atoms with van der Waals surface area (Å²) in [5.74, 6) is -1.70. The van der Waals surface area contributed by atoms with Crippen molar-refractivity contribution in [1.82, 2.24) is 4.90 Å². The lowest BCUT2D eigenvalue weighted by Crippen LogP contribution is -2.39. The lowest BCUT2D eigenvalue weighted by molar-refractivity contribution is -0.138. The number of hydrogen-bond acceptors (Lipinski definition) is 3. The number of carboxylic acids is 1. The van der Waals surface area contributed by atoms with E-state index in [1.54, 1.807) is 0 Å². The molecule has 1 aromatic rings. The van der Waals surface area contributed by atoms with Crippen LogP contribution < -0.4 is 5.32 Å². The quantitative estimate of drug-likeness (QED) is 0.810. The van der Waals surface area contributed by atoms with Crippen LogP contribution in [0.15, 0.2) is 18.2 Å². The molecule has 1 aromatic carbocycles. The maximum atomic E-state index is 13.0. The van der Waals surface area contributed by atoms with Crippen LogP contribution in [-0.2, 0) is 9.59 Å². The standard InChI is InChI=1S/C14H18ClFN2O3/c1-9(2)6-18(8-14(20)21)7-13(19)17-10-3-4-12(16)11(15)5-10/h3-5,9H,6-8H2,1-2H3,(H,17,19)(H,20,21). The van der Waals surface area contributed by atoms with Gasteiger partial charge in [0, 0.05) is 12.2 Å². The molecule has 7 heteroatoms. The van der Waals surface area contributed by atoms with E-state index in [9.17, 15) is 14.0 Å². The summed E-state index contributed by atoms with van der Waals surface area (Å²) in [6.07, 6.45) is 0. The van der Waals surface area contributed by atoms with Gasteiger partial charge in [0.15, 0.2) is 0 Å². The van der Waals surface area contributed by atoms with Gasteiger partial charge in [-0.1, -0.05) is 25.4 Å². The van der Waals surface area contributed by atoms with E-state index in [2.05, 4.69) is 5.32 Å². The molecule has 0 radical (unpaired) electrons. The summed E-state index contributed by atoms with van der Waals surface area (Å²) in [5.41, 5.74) is 0.367. The first-order valence-electron chi connectivity index (χ1n) is 6.47. The number of aliphatic carboxylic acids is 1. The van der Waals surface area contributed by atoms with E-state index >= 15 is 0 Å². The van der Waals surface area contributed by atoms with E-state index in [1.165, 1.54) is 17.0 Å². The predicted molar refractivity (Wildman–Crippen MR) is 79.0 cm³/mol. The summed E-state index contributed by atoms with van der Waals surface area (Å²) >= 11 is 5.63. The number of hydrogen-bond donors (Lipinski definition) is 2. The summed E-state index contributed by atoms with van der Waals surface area (Å²) in [4.78, 5) is 24.2. The van der Waals surface area contributed by atoms with Gasteiger partial charge >= 0.3 is 5.97 Å². The molecular formula is C14H18ClFN2O3. The summed E-state index contributed by atoms with van der Waals surface area (Å²) in [7, 11) is 0. The first-order chi connectivity index (χ1) is 9.77. The molecule has 0 atom stereocenters. The molecule has 1 rings (SSSR count). The predicted octanol–water partition coefficient (Wildman–Crippen LogP) is 2.46. The zero-order chi connectivity index (χ0) is 16.0. The second-order valence-corrected chi connectivity index (χ2v) is 5.54. The average Bonchev–Trinajstić information content (AvgIpc) is 2.31. The lowest BCUT2D eigenvalue weighted by atomic mass is 10.2. The second kappa shape index (κ2) is 7.95. The Morgan fingerprint density at radius 2 is 2.05 bits per heavy atom. The van der Waals surface area contributed by atoms with E-state index in [4.69, 9.17) is 16.7 Å². The van der Waals surface area contributed by atoms with E-state index in [-0.39, 0.29) is 29.9 Å². The zero-order valence-corrected chi connectivity index (χ0v) is 12.7. The fraction of sp³-hybridized carbons (Fsp3) is 0.429. The molecule has 0 aliphatic carbocycles. The highest BCUT2D eigenvalue weighted by Crippen LogP contribution is 2.19. The maximum Gasteiger partial charge on any atom is 0.317 e. The molecule has 0 fully saturated rings. The number of nitrogens with zero attached hydrogens (tertiary/aromatic N) is 1. The smallest absolute Gasteiger partial charge is 0.317 e. The van der Waals surface area contributed by atoms with Crippen molar-refractivity contribution in [3.8, 4) is 0 Å². The van der Waals surface area contributed by atoms with Crippen LogP contribution in [0.5, 0.6) is 0 Å². The topological polar surface area (TPSA) is 69.6 Å². The van der Waals surface area contributed by atoms with Crippen LogP contribution >= 0.6 is 11.6 Å². The molecular weight excluding hydrogens is 299 g/mol. The SMILES string of the molecule is CC(C)CN(CC(=O)O)CC(=O)Nc1ccc(F)c(Cl)c1. The number of nitrogens with one attached hydrogen (secondary N) is 1. The average molecular weight is 317 g/mol. The van der Waals surface area contributed by atoms with Crippen molar-refractivity contribution < 1.29 is 19.1 Å². The van der Waals surface area contributed by atoms with Crippen LogP contribution in [0, 0.1) is 11.7 Å². The highest BCUT2D eigenvalue weighted by Gasteiger charge is 2.15. The van der Waals surface area contributed by atoms with E-state index in [1.807, 2.05) is 13.8 Å². The molecule has 0 aliphatic heterocycles. The first kappa shape index (κ1) is 17.4. The Labute approximate surface area is 127 Å². The molecule has 1 amide bonds. The van der Waals surface area contributed by atoms with Crippen LogP contribution in [0.4, 0.5) is 10.1 Å². The molecule has 0 unspecified atom stereocenters. The van der Waals surface area contributed by atoms with Crippen LogP contribution in [0.25, 0.3) is 0 Å². The highest BCUT2D eigenvalue weighted by atomic mass is 35.5. The molecule has 0 saturated carbocycles. The summed E-state index contributed by atoms with van der Waals surface area (Å²) < 4.78 is 13.0. The number of halogens is 2. The van der Waals surface area contributed by atoms with Crippen LogP contribution in [0.1, 0.15) is 13.8 Å². The summed E-state index contributed by atoms with van der Waals surface area (Å²) in [6, 6.07) is 3.85. The van der Waals surface area contributed by atoms with E-state index in [0.717, 1.165) is 6.07 Å². The Hall–Kier alpha value is -1.66. The van der Waals surface area contributed by atoms with Crippen molar-refractivity contribution in [2.45, 2.75) is 13.8 Å². The third kappa shape index (κ3) is 6.55. The van der Waals surface area contributed by atoms with Crippen molar-refractivity contribution in [2.24, 2.45) is 5.92 Å². The van der Waals surface area contributed by atoms with Gasteiger partial charge in [-0.05, 0) is 24.1 Å². The Kier molecular flexibility index (Phi) is 6.58. The number of anilines is 1. The zero-order valence-electron chi connectivity index (χ0n) is 11.9. The number of carboxylic acid groups (broad SMARTS) is 1. The minimum atomic E-state index is -0.992. The van der Waals surface area contributed by atoms with Gasteiger partial charge in [-0.15, -0.1) is 0 Å². The molecule has 0 saturated heterocycles. The van der Waals surface area contributed by atoms with Gasteiger partial charge in [0.05, 0.1) is 18.1 Å². The third-order valence-corrected chi connectivity index (χ3v) is 2.84. The number of benzene rings is 1. The Balaban J connectivity index is 2.64. The number of amides is 1. The lowest BCUT2D eigenvalue weighted by Gasteiger charge is -2.21. The number of carbonyl (C=O) groups is 2. The minimum absolute atomic E-state index is 0.0561. The number of carbonyl (C=O) groups excluding carboxylic acids is 1. The van der Waals surface area contributed by atoms with Crippen molar-refractivity contribution in [3.05, 3.63) is 29.0 Å². The Bertz CT molecular complexity index is 523. The van der Waals surface area contributed by atoms with Crippen molar-refractivity contribution in [2.75, 3.05) is 25.0 Å². The third-order valence-electron chi connectivity index (χ3n) is 2.55. The van der Waals surface area contributed by atoms with Crippen molar-refractivity contribution in [3.63, 3.8) is 0 Å². The number of rotatable bonds is 7. The van der Waals surface area contributed by atoms with Crippen molar-refractivity contribution in [1.29, 1.82) is 0 Å². The first-order valence-corrected chi connectivity index (χ1v) is 6.84. The summed E-state index contributed by atoms with van der Waals surface area (Å²) in [6.45, 7) is 4.10. The molecule has 116 valence electrons. The van der Waals surface area contributed by atoms with Crippen LogP contribution in [0.3, 0.4) is 0 Å². The molecule has 0 aliphatic rings. The van der Waals surface area contributed by atoms with Crippen LogP contribution in [-0.4, -0.2) is 41.5 Å². The monoisotopic (exact) mass is 316 g/mol. The fourth-order valence-corrected chi connectivity index (χ4v) is 2.05. The maximum absolute atomic E-state index is 13.0. The van der Waals surface area contributed by atoms with Gasteiger partial charge in [-0.25, -0.2) is 4.39 Å². The van der Waals surface area contributed by atoms with Gasteiger partial charge in [0.2, 0.25) is 5.91 Å². The molecule has 2 N–H and O–H groups in total. The summed E-state index contributed by atoms with van der Waals surface area (Å²) in [5, 5.41) is 11.3. The van der Waals surface area contributed by atoms with Gasteiger partial charge < -0.3 is 10.4 Å². The van der Waals surface area contributed by atoms with Crippen molar-refractivity contribution >= 4 is 29.2 Å². The van der Waals surface area contributed by atoms with Gasteiger partial charge in [-0.2, -0.15) is 0 Å². The Morgan fingerprint density at radius 1 is 1.38 bits per heavy atom. The molecule has 21 heavy (non-hydrogen) atoms. The molecule has 0 aromatic heterocycles. The highest BCUT2D eigenvalue weighted by molar-refractivity contribution is 6.31. The molecule has 5 nitrogen and oxygen atoms in total. The van der Waals surface area contributed by atoms with Gasteiger partial charge in [0.25, 0.3) is 0 Å². The van der Waals surface area contributed by atoms with E-state index < -0.39 is 11.8 Å². The van der Waals surface area contributed by atoms with E-state index in [0.29, 0.717) is 12.2 Å². The Morgan fingerprint density at radius 3 is 2.57 bits per heavy atom. The normalized spacial score (nSPS) is 11.0. The molecule has 0 spiro atoms. The van der Waals surface area contributed by atoms with Gasteiger partial charge in [0.1, 0.15) is 5.82 Å². The minimum Gasteiger partial charge on any atom is -0.480 e. The molecule has 0 bridgehead atoms. The van der Waals surface area contributed by atoms with Gasteiger partial charge in [-0.3, -0.25) is 14.5 Å². The second-order valence-electron chi connectivity index (χ2n) is 5.13.